The van der Waals surface area contributed by atoms with Gasteiger partial charge in [0.15, 0.2) is 0 Å². The van der Waals surface area contributed by atoms with Crippen LogP contribution in [0.5, 0.6) is 5.75 Å². The number of para-hydroxylation sites is 1. The Balaban J connectivity index is 1.47. The number of rotatable bonds is 10. The van der Waals surface area contributed by atoms with Crippen molar-refractivity contribution in [2.24, 2.45) is 5.14 Å². The molecule has 1 aromatic carbocycles. The Hall–Kier alpha value is -1.11. The van der Waals surface area contributed by atoms with Crippen LogP contribution < -0.4 is 14.6 Å². The lowest BCUT2D eigenvalue weighted by atomic mass is 9.98. The Morgan fingerprint density at radius 2 is 1.78 bits per heavy atom. The highest BCUT2D eigenvalue weighted by Crippen LogP contribution is 2.29. The second kappa shape index (κ2) is 9.25. The zero-order chi connectivity index (χ0) is 16.5. The molecule has 0 fully saturated rings. The zero-order valence-corrected chi connectivity index (χ0v) is 14.5. The van der Waals surface area contributed by atoms with Crippen LogP contribution >= 0.6 is 0 Å². The molecule has 1 aliphatic heterocycles. The van der Waals surface area contributed by atoms with Gasteiger partial charge in [-0.1, -0.05) is 43.9 Å². The van der Waals surface area contributed by atoms with Gasteiger partial charge in [-0.2, -0.15) is 8.42 Å². The van der Waals surface area contributed by atoms with Crippen molar-refractivity contribution >= 4 is 10.2 Å². The second-order valence-corrected chi connectivity index (χ2v) is 7.61. The molecule has 0 aliphatic carbocycles. The van der Waals surface area contributed by atoms with Gasteiger partial charge in [-0.05, 0) is 43.7 Å². The summed E-state index contributed by atoms with van der Waals surface area (Å²) in [6.45, 7) is 0.439. The fourth-order valence-corrected chi connectivity index (χ4v) is 3.43. The van der Waals surface area contributed by atoms with E-state index in [2.05, 4.69) is 22.9 Å². The lowest BCUT2D eigenvalue weighted by molar-refractivity contribution is 0.160. The predicted octanol–water partition coefficient (Wildman–Crippen LogP) is 2.90. The molecule has 0 aromatic heterocycles. The van der Waals surface area contributed by atoms with Crippen molar-refractivity contribution in [3.63, 3.8) is 0 Å². The summed E-state index contributed by atoms with van der Waals surface area (Å²) >= 11 is 0. The predicted molar refractivity (Wildman–Crippen MR) is 92.6 cm³/mol. The summed E-state index contributed by atoms with van der Waals surface area (Å²) < 4.78 is 29.7. The summed E-state index contributed by atoms with van der Waals surface area (Å²) in [6, 6.07) is 8.32. The number of unbranched alkanes of at least 4 members (excludes halogenated alkanes) is 5. The van der Waals surface area contributed by atoms with Gasteiger partial charge in [-0.3, -0.25) is 0 Å². The van der Waals surface area contributed by atoms with E-state index in [0.717, 1.165) is 44.3 Å². The molecule has 130 valence electrons. The Morgan fingerprint density at radius 1 is 1.09 bits per heavy atom. The number of nitrogens with two attached hydrogens (primary N) is 1. The molecule has 0 saturated heterocycles. The number of benzene rings is 1. The monoisotopic (exact) mass is 340 g/mol. The van der Waals surface area contributed by atoms with Crippen LogP contribution in [0.25, 0.3) is 0 Å². The lowest BCUT2D eigenvalue weighted by Gasteiger charge is -2.26. The van der Waals surface area contributed by atoms with Gasteiger partial charge in [0, 0.05) is 6.54 Å². The first-order valence-electron chi connectivity index (χ1n) is 8.56. The van der Waals surface area contributed by atoms with E-state index < -0.39 is 10.2 Å². The van der Waals surface area contributed by atoms with E-state index in [1.165, 1.54) is 24.8 Å². The molecule has 0 radical (unpaired) electrons. The molecule has 1 aromatic rings. The highest BCUT2D eigenvalue weighted by molar-refractivity contribution is 7.87. The summed E-state index contributed by atoms with van der Waals surface area (Å²) in [5.41, 5.74) is 1.33. The van der Waals surface area contributed by atoms with E-state index in [1.54, 1.807) is 0 Å². The van der Waals surface area contributed by atoms with Crippen LogP contribution in [-0.2, 0) is 16.6 Å². The Labute approximate surface area is 139 Å². The molecular formula is C17H28N2O3S. The van der Waals surface area contributed by atoms with Crippen molar-refractivity contribution in [1.82, 2.24) is 4.72 Å². The largest absolute Gasteiger partial charge is 0.490 e. The van der Waals surface area contributed by atoms with Crippen LogP contribution in [0.3, 0.4) is 0 Å². The third kappa shape index (κ3) is 7.33. The molecule has 0 bridgehead atoms. The van der Waals surface area contributed by atoms with E-state index in [1.807, 2.05) is 6.07 Å². The van der Waals surface area contributed by atoms with Crippen LogP contribution in [0.15, 0.2) is 24.3 Å². The quantitative estimate of drug-likeness (QED) is 0.643. The maximum Gasteiger partial charge on any atom is 0.274 e. The van der Waals surface area contributed by atoms with E-state index in [0.29, 0.717) is 12.6 Å². The number of aryl methyl sites for hydroxylation is 1. The minimum Gasteiger partial charge on any atom is -0.490 e. The molecule has 23 heavy (non-hydrogen) atoms. The Morgan fingerprint density at radius 3 is 2.57 bits per heavy atom. The smallest absolute Gasteiger partial charge is 0.274 e. The van der Waals surface area contributed by atoms with E-state index in [-0.39, 0.29) is 0 Å². The molecule has 0 saturated carbocycles. The molecule has 2 rings (SSSR count). The SMILES string of the molecule is NS(=O)(=O)NCCCCCCCC[C@@H]1CCc2ccccc2O1. The molecule has 1 atom stereocenters. The third-order valence-corrected chi connectivity index (χ3v) is 4.86. The van der Waals surface area contributed by atoms with E-state index in [4.69, 9.17) is 9.88 Å². The van der Waals surface area contributed by atoms with Gasteiger partial charge in [-0.25, -0.2) is 9.86 Å². The van der Waals surface area contributed by atoms with Gasteiger partial charge >= 0.3 is 0 Å². The number of hydrogen-bond acceptors (Lipinski definition) is 3. The zero-order valence-electron chi connectivity index (χ0n) is 13.7. The molecule has 0 amide bonds. The number of ether oxygens (including phenoxy) is 1. The molecule has 5 nitrogen and oxygen atoms in total. The lowest BCUT2D eigenvalue weighted by Crippen LogP contribution is -2.31. The second-order valence-electron chi connectivity index (χ2n) is 6.24. The van der Waals surface area contributed by atoms with Gasteiger partial charge in [0.25, 0.3) is 10.2 Å². The van der Waals surface area contributed by atoms with Gasteiger partial charge in [0.2, 0.25) is 0 Å². The van der Waals surface area contributed by atoms with Crippen LogP contribution in [0, 0.1) is 0 Å². The summed E-state index contributed by atoms with van der Waals surface area (Å²) in [4.78, 5) is 0. The molecular weight excluding hydrogens is 312 g/mol. The summed E-state index contributed by atoms with van der Waals surface area (Å²) in [7, 11) is -3.52. The number of nitrogens with one attached hydrogen (secondary N) is 1. The molecule has 1 heterocycles. The minimum atomic E-state index is -3.52. The summed E-state index contributed by atoms with van der Waals surface area (Å²) in [5.74, 6) is 1.06. The first-order chi connectivity index (χ1) is 11.0. The fourth-order valence-electron chi connectivity index (χ4n) is 3.00. The van der Waals surface area contributed by atoms with Gasteiger partial charge in [-0.15, -0.1) is 0 Å². The molecule has 0 spiro atoms. The van der Waals surface area contributed by atoms with Gasteiger partial charge in [0.1, 0.15) is 5.75 Å². The van der Waals surface area contributed by atoms with Crippen LogP contribution in [0.2, 0.25) is 0 Å². The standard InChI is InChI=1S/C17H28N2O3S/c18-23(20,21)19-14-8-4-2-1-3-5-10-16-13-12-15-9-6-7-11-17(15)22-16/h6-7,9,11,16,19H,1-5,8,10,12-14H2,(H2,18,20,21)/t16-/m1/s1. The maximum atomic E-state index is 10.7. The third-order valence-electron chi connectivity index (χ3n) is 4.26. The first kappa shape index (κ1) is 18.2. The van der Waals surface area contributed by atoms with Crippen LogP contribution in [-0.4, -0.2) is 21.1 Å². The number of fused-ring (bicyclic) bond motifs is 1. The first-order valence-corrected chi connectivity index (χ1v) is 10.1. The van der Waals surface area contributed by atoms with Crippen molar-refractivity contribution in [2.75, 3.05) is 6.54 Å². The molecule has 6 heteroatoms. The Kier molecular flexibility index (Phi) is 7.33. The maximum absolute atomic E-state index is 10.7. The van der Waals surface area contributed by atoms with Gasteiger partial charge in [0.05, 0.1) is 6.10 Å². The van der Waals surface area contributed by atoms with Crippen LogP contribution in [0.1, 0.15) is 56.9 Å². The molecule has 0 unspecified atom stereocenters. The summed E-state index contributed by atoms with van der Waals surface area (Å²) in [6.07, 6.45) is 10.4. The van der Waals surface area contributed by atoms with Gasteiger partial charge < -0.3 is 4.74 Å². The number of hydrogen-bond donors (Lipinski definition) is 2. The average Bonchev–Trinajstić information content (AvgIpc) is 2.52. The summed E-state index contributed by atoms with van der Waals surface area (Å²) in [5, 5.41) is 4.87. The highest BCUT2D eigenvalue weighted by Gasteiger charge is 2.18. The van der Waals surface area contributed by atoms with Crippen molar-refractivity contribution in [1.29, 1.82) is 0 Å². The van der Waals surface area contributed by atoms with Crippen LogP contribution in [0.4, 0.5) is 0 Å². The highest BCUT2D eigenvalue weighted by atomic mass is 32.2. The normalized spacial score (nSPS) is 17.5. The van der Waals surface area contributed by atoms with Crippen molar-refractivity contribution in [2.45, 2.75) is 63.9 Å². The minimum absolute atomic E-state index is 0.365. The molecule has 3 N–H and O–H groups in total. The topological polar surface area (TPSA) is 81.4 Å². The van der Waals surface area contributed by atoms with Crippen molar-refractivity contribution < 1.29 is 13.2 Å². The van der Waals surface area contributed by atoms with Crippen molar-refractivity contribution in [3.8, 4) is 5.75 Å². The fraction of sp³-hybridized carbons (Fsp3) is 0.647. The van der Waals surface area contributed by atoms with Crippen molar-refractivity contribution in [3.05, 3.63) is 29.8 Å². The Bertz CT molecular complexity index is 575. The average molecular weight is 340 g/mol. The van der Waals surface area contributed by atoms with E-state index >= 15 is 0 Å². The van der Waals surface area contributed by atoms with E-state index in [9.17, 15) is 8.42 Å². The molecule has 1 aliphatic rings.